The SMILES string of the molecule is CSCCNC(=O)[C@H]1Cc2ccccc2CN1. The highest BCUT2D eigenvalue weighted by atomic mass is 32.2. The fourth-order valence-electron chi connectivity index (χ4n) is 2.04. The van der Waals surface area contributed by atoms with Gasteiger partial charge >= 0.3 is 0 Å². The molecule has 1 heterocycles. The average Bonchev–Trinajstić information content (AvgIpc) is 2.38. The molecule has 1 aliphatic heterocycles. The van der Waals surface area contributed by atoms with Gasteiger partial charge in [-0.05, 0) is 23.8 Å². The van der Waals surface area contributed by atoms with E-state index < -0.39 is 0 Å². The molecular formula is C13H18N2OS. The van der Waals surface area contributed by atoms with E-state index in [2.05, 4.69) is 22.8 Å². The molecule has 0 fully saturated rings. The lowest BCUT2D eigenvalue weighted by Gasteiger charge is -2.25. The molecule has 0 spiro atoms. The minimum Gasteiger partial charge on any atom is -0.354 e. The van der Waals surface area contributed by atoms with Gasteiger partial charge in [0.1, 0.15) is 0 Å². The zero-order valence-corrected chi connectivity index (χ0v) is 10.8. The Morgan fingerprint density at radius 3 is 3.00 bits per heavy atom. The normalized spacial score (nSPS) is 18.5. The molecule has 2 rings (SSSR count). The minimum atomic E-state index is -0.0771. The summed E-state index contributed by atoms with van der Waals surface area (Å²) in [4.78, 5) is 11.9. The quantitative estimate of drug-likeness (QED) is 0.789. The number of carbonyl (C=O) groups excluding carboxylic acids is 1. The Morgan fingerprint density at radius 2 is 2.24 bits per heavy atom. The van der Waals surface area contributed by atoms with Gasteiger partial charge < -0.3 is 10.6 Å². The molecule has 17 heavy (non-hydrogen) atoms. The number of thioether (sulfide) groups is 1. The number of nitrogens with one attached hydrogen (secondary N) is 2. The summed E-state index contributed by atoms with van der Waals surface area (Å²) in [6.45, 7) is 1.54. The number of fused-ring (bicyclic) bond motifs is 1. The Morgan fingerprint density at radius 1 is 1.47 bits per heavy atom. The van der Waals surface area contributed by atoms with Crippen LogP contribution < -0.4 is 10.6 Å². The molecule has 1 atom stereocenters. The molecule has 1 amide bonds. The van der Waals surface area contributed by atoms with Gasteiger partial charge in [-0.15, -0.1) is 0 Å². The molecule has 0 aliphatic carbocycles. The number of hydrogen-bond acceptors (Lipinski definition) is 3. The molecule has 2 N–H and O–H groups in total. The van der Waals surface area contributed by atoms with Gasteiger partial charge in [0.05, 0.1) is 6.04 Å². The van der Waals surface area contributed by atoms with Crippen LogP contribution in [0.5, 0.6) is 0 Å². The number of hydrogen-bond donors (Lipinski definition) is 2. The summed E-state index contributed by atoms with van der Waals surface area (Å²) in [6.07, 6.45) is 2.84. The largest absolute Gasteiger partial charge is 0.354 e. The Kier molecular flexibility index (Phi) is 4.45. The van der Waals surface area contributed by atoms with Gasteiger partial charge in [-0.3, -0.25) is 4.79 Å². The van der Waals surface area contributed by atoms with Crippen LogP contribution in [0.4, 0.5) is 0 Å². The Balaban J connectivity index is 1.91. The Bertz CT molecular complexity index is 395. The lowest BCUT2D eigenvalue weighted by atomic mass is 9.95. The monoisotopic (exact) mass is 250 g/mol. The first-order valence-corrected chi connectivity index (χ1v) is 7.27. The van der Waals surface area contributed by atoms with Crippen molar-refractivity contribution in [1.82, 2.24) is 10.6 Å². The van der Waals surface area contributed by atoms with Crippen LogP contribution in [0.25, 0.3) is 0 Å². The summed E-state index contributed by atoms with van der Waals surface area (Å²) in [5.41, 5.74) is 2.59. The number of amides is 1. The molecule has 92 valence electrons. The standard InChI is InChI=1S/C13H18N2OS/c1-17-7-6-14-13(16)12-8-10-4-2-3-5-11(10)9-15-12/h2-5,12,15H,6-9H2,1H3,(H,14,16)/t12-/m1/s1. The summed E-state index contributed by atoms with van der Waals surface area (Å²) in [5.74, 6) is 1.09. The average molecular weight is 250 g/mol. The number of rotatable bonds is 4. The summed E-state index contributed by atoms with van der Waals surface area (Å²) in [7, 11) is 0. The highest BCUT2D eigenvalue weighted by Gasteiger charge is 2.23. The van der Waals surface area contributed by atoms with E-state index in [0.717, 1.165) is 25.3 Å². The third-order valence-electron chi connectivity index (χ3n) is 3.00. The molecule has 0 saturated carbocycles. The predicted octanol–water partition coefficient (Wildman–Crippen LogP) is 1.18. The second-order valence-corrected chi connectivity index (χ2v) is 5.18. The highest BCUT2D eigenvalue weighted by molar-refractivity contribution is 7.98. The van der Waals surface area contributed by atoms with Crippen molar-refractivity contribution in [1.29, 1.82) is 0 Å². The fraction of sp³-hybridized carbons (Fsp3) is 0.462. The maximum atomic E-state index is 11.9. The van der Waals surface area contributed by atoms with Crippen LogP contribution in [0.3, 0.4) is 0 Å². The van der Waals surface area contributed by atoms with Gasteiger partial charge in [0.15, 0.2) is 0 Å². The van der Waals surface area contributed by atoms with E-state index >= 15 is 0 Å². The summed E-state index contributed by atoms with van der Waals surface area (Å²) in [6, 6.07) is 8.22. The van der Waals surface area contributed by atoms with Crippen LogP contribution in [0.2, 0.25) is 0 Å². The molecule has 3 nitrogen and oxygen atoms in total. The molecule has 1 aromatic rings. The Hall–Kier alpha value is -1.00. The van der Waals surface area contributed by atoms with Crippen LogP contribution in [0.15, 0.2) is 24.3 Å². The third-order valence-corrected chi connectivity index (χ3v) is 3.62. The molecule has 1 aromatic carbocycles. The first-order chi connectivity index (χ1) is 8.31. The lowest BCUT2D eigenvalue weighted by Crippen LogP contribution is -2.48. The number of carbonyl (C=O) groups is 1. The fourth-order valence-corrected chi connectivity index (χ4v) is 2.35. The molecule has 0 unspecified atom stereocenters. The predicted molar refractivity (Wildman–Crippen MR) is 72.2 cm³/mol. The van der Waals surface area contributed by atoms with Crippen LogP contribution in [-0.2, 0) is 17.8 Å². The maximum absolute atomic E-state index is 11.9. The van der Waals surface area contributed by atoms with Crippen molar-refractivity contribution < 1.29 is 4.79 Å². The topological polar surface area (TPSA) is 41.1 Å². The van der Waals surface area contributed by atoms with Crippen molar-refractivity contribution in [3.63, 3.8) is 0 Å². The summed E-state index contributed by atoms with van der Waals surface area (Å²) >= 11 is 1.74. The van der Waals surface area contributed by atoms with Crippen LogP contribution in [0, 0.1) is 0 Å². The van der Waals surface area contributed by atoms with Crippen LogP contribution >= 0.6 is 11.8 Å². The molecule has 0 radical (unpaired) electrons. The maximum Gasteiger partial charge on any atom is 0.237 e. The van der Waals surface area contributed by atoms with Crippen molar-refractivity contribution in [2.45, 2.75) is 19.0 Å². The smallest absolute Gasteiger partial charge is 0.237 e. The molecule has 1 aliphatic rings. The lowest BCUT2D eigenvalue weighted by molar-refractivity contribution is -0.123. The molecule has 0 saturated heterocycles. The molecule has 4 heteroatoms. The van der Waals surface area contributed by atoms with E-state index in [-0.39, 0.29) is 11.9 Å². The second-order valence-electron chi connectivity index (χ2n) is 4.19. The van der Waals surface area contributed by atoms with Crippen molar-refractivity contribution >= 4 is 17.7 Å². The van der Waals surface area contributed by atoms with Crippen molar-refractivity contribution in [3.8, 4) is 0 Å². The minimum absolute atomic E-state index is 0.0771. The zero-order chi connectivity index (χ0) is 12.1. The molecular weight excluding hydrogens is 232 g/mol. The van der Waals surface area contributed by atoms with Gasteiger partial charge in [-0.1, -0.05) is 24.3 Å². The van der Waals surface area contributed by atoms with Crippen molar-refractivity contribution in [2.24, 2.45) is 0 Å². The van der Waals surface area contributed by atoms with Gasteiger partial charge in [0, 0.05) is 18.8 Å². The first kappa shape index (κ1) is 12.5. The number of benzene rings is 1. The van der Waals surface area contributed by atoms with E-state index in [1.807, 2.05) is 18.4 Å². The van der Waals surface area contributed by atoms with E-state index in [4.69, 9.17) is 0 Å². The van der Waals surface area contributed by atoms with Gasteiger partial charge in [-0.25, -0.2) is 0 Å². The zero-order valence-electron chi connectivity index (χ0n) is 10.0. The second kappa shape index (κ2) is 6.07. The van der Waals surface area contributed by atoms with E-state index in [1.54, 1.807) is 11.8 Å². The molecule has 0 aromatic heterocycles. The van der Waals surface area contributed by atoms with Crippen molar-refractivity contribution in [3.05, 3.63) is 35.4 Å². The van der Waals surface area contributed by atoms with E-state index in [1.165, 1.54) is 11.1 Å². The van der Waals surface area contributed by atoms with E-state index in [0.29, 0.717) is 0 Å². The van der Waals surface area contributed by atoms with E-state index in [9.17, 15) is 4.79 Å². The van der Waals surface area contributed by atoms with Crippen LogP contribution in [0.1, 0.15) is 11.1 Å². The van der Waals surface area contributed by atoms with Gasteiger partial charge in [0.2, 0.25) is 5.91 Å². The highest BCUT2D eigenvalue weighted by Crippen LogP contribution is 2.16. The Labute approximate surface area is 106 Å². The first-order valence-electron chi connectivity index (χ1n) is 5.88. The van der Waals surface area contributed by atoms with Crippen LogP contribution in [-0.4, -0.2) is 30.5 Å². The third kappa shape index (κ3) is 3.23. The van der Waals surface area contributed by atoms with Gasteiger partial charge in [0.25, 0.3) is 0 Å². The molecule has 0 bridgehead atoms. The summed E-state index contributed by atoms with van der Waals surface area (Å²) in [5, 5.41) is 6.24. The summed E-state index contributed by atoms with van der Waals surface area (Å²) < 4.78 is 0. The van der Waals surface area contributed by atoms with Crippen molar-refractivity contribution in [2.75, 3.05) is 18.6 Å². The van der Waals surface area contributed by atoms with Gasteiger partial charge in [-0.2, -0.15) is 11.8 Å².